The number of hydrogen-bond acceptors (Lipinski definition) is 5. The first-order valence-corrected chi connectivity index (χ1v) is 11.4. The summed E-state index contributed by atoms with van der Waals surface area (Å²) >= 11 is 0. The number of rotatable bonds is 3. The van der Waals surface area contributed by atoms with E-state index in [9.17, 15) is 0 Å². The summed E-state index contributed by atoms with van der Waals surface area (Å²) in [7, 11) is 0. The highest BCUT2D eigenvalue weighted by molar-refractivity contribution is 5.99. The Bertz CT molecular complexity index is 1390. The molecule has 2 aliphatic heterocycles. The fraction of sp³-hybridized carbons (Fsp3) is 0.148. The van der Waals surface area contributed by atoms with Crippen molar-refractivity contribution in [3.63, 3.8) is 0 Å². The first-order chi connectivity index (χ1) is 16.3. The van der Waals surface area contributed by atoms with Crippen molar-refractivity contribution in [3.8, 4) is 22.6 Å². The van der Waals surface area contributed by atoms with Gasteiger partial charge >= 0.3 is 0 Å². The summed E-state index contributed by atoms with van der Waals surface area (Å²) in [4.78, 5) is 0. The third kappa shape index (κ3) is 2.95. The molecule has 3 aromatic carbocycles. The summed E-state index contributed by atoms with van der Waals surface area (Å²) in [6.07, 6.45) is 2.90. The smallest absolute Gasteiger partial charge is 0.170 e. The first-order valence-electron chi connectivity index (χ1n) is 11.4. The molecule has 1 aromatic heterocycles. The van der Waals surface area contributed by atoms with Crippen molar-refractivity contribution in [1.82, 2.24) is 21.1 Å². The minimum absolute atomic E-state index is 0.0194. The number of fused-ring (bicyclic) bond motifs is 4. The molecule has 3 aliphatic rings. The molecule has 0 radical (unpaired) electrons. The largest absolute Gasteiger partial charge is 0.484 e. The first kappa shape index (κ1) is 18.5. The van der Waals surface area contributed by atoms with Gasteiger partial charge in [-0.25, -0.2) is 5.53 Å². The number of para-hydroxylation sites is 1. The van der Waals surface area contributed by atoms with Crippen LogP contribution in [0.25, 0.3) is 16.8 Å². The topological polar surface area (TPSA) is 62.6 Å². The van der Waals surface area contributed by atoms with Crippen LogP contribution in [-0.4, -0.2) is 10.4 Å². The van der Waals surface area contributed by atoms with Crippen LogP contribution >= 0.6 is 0 Å². The van der Waals surface area contributed by atoms with Crippen LogP contribution in [0.2, 0.25) is 0 Å². The summed E-state index contributed by atoms with van der Waals surface area (Å²) in [6, 6.07) is 28.0. The Hall–Kier alpha value is -4.03. The third-order valence-electron chi connectivity index (χ3n) is 6.83. The quantitative estimate of drug-likeness (QED) is 0.453. The highest BCUT2D eigenvalue weighted by atomic mass is 16.5. The van der Waals surface area contributed by atoms with Gasteiger partial charge in [-0.15, -0.1) is 10.6 Å². The molecule has 3 heterocycles. The molecule has 6 nitrogen and oxygen atoms in total. The highest BCUT2D eigenvalue weighted by Gasteiger charge is 2.31. The standard InChI is InChI=1S/C27H23N5O/c1-3-10-21-17(6-1)12-13-23-22(21)16-24(26-15-18-7-2-4-11-25(18)33-26)32(23)20-9-5-8-19(14-20)27-28-30-31-29-27/h1-11,14,16,26,30-31H,12-13,15H2,(H,28,29). The van der Waals surface area contributed by atoms with Crippen molar-refractivity contribution < 1.29 is 4.74 Å². The van der Waals surface area contributed by atoms with Crippen LogP contribution in [0.5, 0.6) is 5.75 Å². The monoisotopic (exact) mass is 433 g/mol. The Morgan fingerprint density at radius 1 is 0.848 bits per heavy atom. The SMILES string of the molecule is c1cc(C2=NNNN2)cc(-n2c(C3Cc4ccccc4O3)cc3c2CCc2ccccc2-3)c1. The van der Waals surface area contributed by atoms with Gasteiger partial charge in [-0.1, -0.05) is 54.6 Å². The third-order valence-corrected chi connectivity index (χ3v) is 6.83. The second-order valence-electron chi connectivity index (χ2n) is 8.71. The van der Waals surface area contributed by atoms with E-state index in [1.54, 1.807) is 0 Å². The molecule has 0 amide bonds. The second-order valence-corrected chi connectivity index (χ2v) is 8.71. The van der Waals surface area contributed by atoms with E-state index in [-0.39, 0.29) is 6.10 Å². The number of hydrazine groups is 2. The number of aromatic nitrogens is 1. The van der Waals surface area contributed by atoms with E-state index in [1.165, 1.54) is 33.6 Å². The van der Waals surface area contributed by atoms with Gasteiger partial charge in [0, 0.05) is 28.9 Å². The molecule has 0 saturated carbocycles. The van der Waals surface area contributed by atoms with E-state index < -0.39 is 0 Å². The molecular weight excluding hydrogens is 410 g/mol. The van der Waals surface area contributed by atoms with Crippen LogP contribution in [0.3, 0.4) is 0 Å². The molecule has 1 atom stereocenters. The van der Waals surface area contributed by atoms with Crippen molar-refractivity contribution >= 4 is 5.84 Å². The second kappa shape index (κ2) is 7.25. The highest BCUT2D eigenvalue weighted by Crippen LogP contribution is 2.43. The van der Waals surface area contributed by atoms with Gasteiger partial charge in [0.2, 0.25) is 0 Å². The molecule has 0 fully saturated rings. The molecule has 0 spiro atoms. The average molecular weight is 434 g/mol. The number of ether oxygens (including phenoxy) is 1. The molecule has 33 heavy (non-hydrogen) atoms. The lowest BCUT2D eigenvalue weighted by Crippen LogP contribution is -2.35. The van der Waals surface area contributed by atoms with E-state index in [0.717, 1.165) is 42.1 Å². The maximum absolute atomic E-state index is 6.47. The lowest BCUT2D eigenvalue weighted by molar-refractivity contribution is 0.231. The van der Waals surface area contributed by atoms with Crippen LogP contribution in [0.15, 0.2) is 84.0 Å². The lowest BCUT2D eigenvalue weighted by Gasteiger charge is -2.21. The number of nitrogens with one attached hydrogen (secondary N) is 3. The number of amidine groups is 1. The average Bonchev–Trinajstić information content (AvgIpc) is 3.62. The van der Waals surface area contributed by atoms with E-state index in [4.69, 9.17) is 4.74 Å². The van der Waals surface area contributed by atoms with Gasteiger partial charge < -0.3 is 9.30 Å². The summed E-state index contributed by atoms with van der Waals surface area (Å²) in [5.41, 5.74) is 18.7. The molecule has 0 saturated heterocycles. The van der Waals surface area contributed by atoms with Crippen molar-refractivity contribution in [2.45, 2.75) is 25.4 Å². The van der Waals surface area contributed by atoms with Crippen LogP contribution < -0.4 is 21.2 Å². The molecule has 6 heteroatoms. The number of hydrogen-bond donors (Lipinski definition) is 3. The predicted molar refractivity (Wildman–Crippen MR) is 128 cm³/mol. The number of aryl methyl sites for hydroxylation is 1. The molecule has 3 N–H and O–H groups in total. The van der Waals surface area contributed by atoms with E-state index in [1.807, 2.05) is 6.07 Å². The van der Waals surface area contributed by atoms with Gasteiger partial charge in [0.25, 0.3) is 0 Å². The molecule has 162 valence electrons. The molecule has 4 aromatic rings. The summed E-state index contributed by atoms with van der Waals surface area (Å²) < 4.78 is 8.89. The van der Waals surface area contributed by atoms with Crippen molar-refractivity contribution in [3.05, 3.63) is 107 Å². The fourth-order valence-electron chi connectivity index (χ4n) is 5.32. The van der Waals surface area contributed by atoms with Crippen LogP contribution in [0.1, 0.15) is 34.2 Å². The zero-order valence-electron chi connectivity index (χ0n) is 18.0. The van der Waals surface area contributed by atoms with Gasteiger partial charge in [-0.3, -0.25) is 5.43 Å². The molecule has 7 rings (SSSR count). The number of benzene rings is 3. The number of hydrazone groups is 1. The molecule has 1 unspecified atom stereocenters. The minimum atomic E-state index is -0.0194. The van der Waals surface area contributed by atoms with Gasteiger partial charge in [-0.2, -0.15) is 0 Å². The van der Waals surface area contributed by atoms with E-state index >= 15 is 0 Å². The zero-order valence-corrected chi connectivity index (χ0v) is 18.0. The van der Waals surface area contributed by atoms with Crippen LogP contribution in [0.4, 0.5) is 0 Å². The Kier molecular flexibility index (Phi) is 4.07. The van der Waals surface area contributed by atoms with Gasteiger partial charge in [0.1, 0.15) is 11.9 Å². The molecule has 0 bridgehead atoms. The Labute approximate surface area is 191 Å². The number of nitrogens with zero attached hydrogens (tertiary/aromatic N) is 2. The normalized spacial score (nSPS) is 17.8. The maximum Gasteiger partial charge on any atom is 0.170 e. The fourth-order valence-corrected chi connectivity index (χ4v) is 5.32. The van der Waals surface area contributed by atoms with Crippen molar-refractivity contribution in [1.29, 1.82) is 0 Å². The minimum Gasteiger partial charge on any atom is -0.484 e. The predicted octanol–water partition coefficient (Wildman–Crippen LogP) is 4.19. The van der Waals surface area contributed by atoms with E-state index in [0.29, 0.717) is 0 Å². The van der Waals surface area contributed by atoms with Gasteiger partial charge in [0.05, 0.1) is 5.69 Å². The molecule has 1 aliphatic carbocycles. The Morgan fingerprint density at radius 3 is 2.61 bits per heavy atom. The Morgan fingerprint density at radius 2 is 1.73 bits per heavy atom. The van der Waals surface area contributed by atoms with Gasteiger partial charge in [-0.05, 0) is 53.8 Å². The summed E-state index contributed by atoms with van der Waals surface area (Å²) in [5, 5.41) is 4.28. The van der Waals surface area contributed by atoms with Gasteiger partial charge in [0.15, 0.2) is 5.84 Å². The van der Waals surface area contributed by atoms with E-state index in [2.05, 4.69) is 99.0 Å². The van der Waals surface area contributed by atoms with Crippen LogP contribution in [0, 0.1) is 0 Å². The Balaban J connectivity index is 1.41. The summed E-state index contributed by atoms with van der Waals surface area (Å²) in [5.74, 6) is 1.76. The van der Waals surface area contributed by atoms with Crippen molar-refractivity contribution in [2.24, 2.45) is 5.10 Å². The summed E-state index contributed by atoms with van der Waals surface area (Å²) in [6.45, 7) is 0. The van der Waals surface area contributed by atoms with Crippen LogP contribution in [-0.2, 0) is 19.3 Å². The van der Waals surface area contributed by atoms with Crippen molar-refractivity contribution in [2.75, 3.05) is 0 Å². The maximum atomic E-state index is 6.47. The molecular formula is C27H23N5O. The lowest BCUT2D eigenvalue weighted by atomic mass is 9.90. The zero-order chi connectivity index (χ0) is 21.8.